The summed E-state index contributed by atoms with van der Waals surface area (Å²) in [6.07, 6.45) is 0. The van der Waals surface area contributed by atoms with Crippen molar-refractivity contribution in [3.63, 3.8) is 0 Å². The Morgan fingerprint density at radius 1 is 0.560 bits per heavy atom. The molecule has 0 unspecified atom stereocenters. The van der Waals surface area contributed by atoms with Crippen LogP contribution in [0.4, 0.5) is 0 Å². The topological polar surface area (TPSA) is 0 Å². The van der Waals surface area contributed by atoms with Crippen LogP contribution in [-0.4, -0.2) is 8.07 Å². The first-order valence-corrected chi connectivity index (χ1v) is 11.0. The molecule has 4 aromatic carbocycles. The van der Waals surface area contributed by atoms with Crippen LogP contribution >= 0.6 is 0 Å². The first kappa shape index (κ1) is 23.7. The Hall–Kier alpha value is -1.34. The van der Waals surface area contributed by atoms with Gasteiger partial charge in [-0.05, 0) is 0 Å². The van der Waals surface area contributed by atoms with Crippen molar-refractivity contribution >= 4 is 18.4 Å². The molecule has 0 spiro atoms. The molecule has 0 aliphatic carbocycles. The van der Waals surface area contributed by atoms with Crippen molar-refractivity contribution in [2.75, 3.05) is 0 Å². The van der Waals surface area contributed by atoms with Gasteiger partial charge in [-0.2, -0.15) is 71.0 Å². The molecule has 132 valence electrons. The molecule has 4 rings (SSSR count). The minimum absolute atomic E-state index is 0. The standard InChI is InChI=1S/C12H14Si.2C5H5.2Fe/c1-13(2,11-7-3-4-8-11)12-9-5-6-10-12;2*1-2-4-5-3-1;;/h3-10H,1-2H3;2*1-5H;;/q-2;2*-1;2*+2. The molecular weight excluding hydrogens is 404 g/mol. The van der Waals surface area contributed by atoms with Crippen LogP contribution in [-0.2, 0) is 34.1 Å². The zero-order valence-corrected chi connectivity index (χ0v) is 17.8. The molecule has 0 heterocycles. The summed E-state index contributed by atoms with van der Waals surface area (Å²) in [5, 5.41) is 3.05. The molecule has 0 bridgehead atoms. The van der Waals surface area contributed by atoms with E-state index in [-0.39, 0.29) is 34.1 Å². The average Bonchev–Trinajstić information content (AvgIpc) is 3.44. The Kier molecular flexibility index (Phi) is 12.2. The second-order valence-corrected chi connectivity index (χ2v) is 10.3. The van der Waals surface area contributed by atoms with E-state index in [1.807, 2.05) is 60.7 Å². The van der Waals surface area contributed by atoms with Crippen LogP contribution < -0.4 is 10.4 Å². The van der Waals surface area contributed by atoms with Crippen molar-refractivity contribution in [2.45, 2.75) is 13.1 Å². The molecule has 25 heavy (non-hydrogen) atoms. The maximum absolute atomic E-state index is 2.40. The summed E-state index contributed by atoms with van der Waals surface area (Å²) in [7, 11) is -1.35. The van der Waals surface area contributed by atoms with E-state index in [9.17, 15) is 0 Å². The van der Waals surface area contributed by atoms with E-state index in [1.54, 1.807) is 0 Å². The van der Waals surface area contributed by atoms with Gasteiger partial charge in [0.2, 0.25) is 0 Å². The van der Waals surface area contributed by atoms with Gasteiger partial charge in [0, 0.05) is 0 Å². The number of rotatable bonds is 2. The summed E-state index contributed by atoms with van der Waals surface area (Å²) >= 11 is 0. The summed E-state index contributed by atoms with van der Waals surface area (Å²) in [4.78, 5) is 0. The average molecular weight is 428 g/mol. The fourth-order valence-corrected chi connectivity index (χ4v) is 4.77. The van der Waals surface area contributed by atoms with Gasteiger partial charge in [-0.1, -0.05) is 13.1 Å². The molecule has 0 saturated heterocycles. The third kappa shape index (κ3) is 8.05. The summed E-state index contributed by atoms with van der Waals surface area (Å²) < 4.78 is 0. The summed E-state index contributed by atoms with van der Waals surface area (Å²) in [6, 6.07) is 37.5. The van der Waals surface area contributed by atoms with Crippen LogP contribution in [0.2, 0.25) is 13.1 Å². The normalized spacial score (nSPS) is 9.36. The van der Waals surface area contributed by atoms with Crippen molar-refractivity contribution in [1.82, 2.24) is 0 Å². The molecular formula is C22H24Fe2Si. The molecule has 0 saturated carbocycles. The molecule has 0 fully saturated rings. The zero-order valence-electron chi connectivity index (χ0n) is 14.6. The second-order valence-electron chi connectivity index (χ2n) is 5.90. The van der Waals surface area contributed by atoms with Crippen molar-refractivity contribution < 1.29 is 34.1 Å². The second kappa shape index (κ2) is 12.9. The molecule has 4 aromatic rings. The Bertz CT molecular complexity index is 591. The van der Waals surface area contributed by atoms with E-state index in [0.29, 0.717) is 0 Å². The third-order valence-electron chi connectivity index (χ3n) is 3.88. The molecule has 0 aliphatic heterocycles. The van der Waals surface area contributed by atoms with Crippen LogP contribution in [0.1, 0.15) is 0 Å². The Morgan fingerprint density at radius 2 is 0.920 bits per heavy atom. The van der Waals surface area contributed by atoms with Crippen molar-refractivity contribution in [2.24, 2.45) is 0 Å². The van der Waals surface area contributed by atoms with Gasteiger partial charge >= 0.3 is 34.1 Å². The van der Waals surface area contributed by atoms with Gasteiger partial charge in [-0.25, -0.2) is 48.5 Å². The summed E-state index contributed by atoms with van der Waals surface area (Å²) in [6.45, 7) is 4.80. The number of hydrogen-bond acceptors (Lipinski definition) is 0. The quantitative estimate of drug-likeness (QED) is 0.319. The predicted molar refractivity (Wildman–Crippen MR) is 105 cm³/mol. The van der Waals surface area contributed by atoms with E-state index in [1.165, 1.54) is 10.4 Å². The van der Waals surface area contributed by atoms with E-state index >= 15 is 0 Å². The largest absolute Gasteiger partial charge is 2.00 e. The Labute approximate surface area is 174 Å². The minimum Gasteiger partial charge on any atom is -0.214 e. The van der Waals surface area contributed by atoms with Gasteiger partial charge in [0.1, 0.15) is 0 Å². The predicted octanol–water partition coefficient (Wildman–Crippen LogP) is 4.75. The maximum atomic E-state index is 2.40. The Morgan fingerprint density at radius 3 is 1.12 bits per heavy atom. The van der Waals surface area contributed by atoms with Gasteiger partial charge in [-0.3, -0.25) is 0 Å². The maximum Gasteiger partial charge on any atom is 2.00 e. The van der Waals surface area contributed by atoms with Gasteiger partial charge in [-0.15, -0.1) is 0 Å². The molecule has 0 radical (unpaired) electrons. The van der Waals surface area contributed by atoms with Crippen LogP contribution in [0.25, 0.3) is 0 Å². The zero-order chi connectivity index (χ0) is 16.4. The van der Waals surface area contributed by atoms with Gasteiger partial charge in [0.15, 0.2) is 0 Å². The third-order valence-corrected chi connectivity index (χ3v) is 7.43. The molecule has 0 atom stereocenters. The van der Waals surface area contributed by atoms with Crippen molar-refractivity contribution in [1.29, 1.82) is 0 Å². The summed E-state index contributed by atoms with van der Waals surface area (Å²) in [5.74, 6) is 0. The van der Waals surface area contributed by atoms with Crippen molar-refractivity contribution in [3.05, 3.63) is 109 Å². The van der Waals surface area contributed by atoms with Gasteiger partial charge in [0.05, 0.1) is 8.07 Å². The van der Waals surface area contributed by atoms with E-state index in [0.717, 1.165) is 0 Å². The fourth-order valence-electron chi connectivity index (χ4n) is 2.39. The van der Waals surface area contributed by atoms with E-state index < -0.39 is 8.07 Å². The smallest absolute Gasteiger partial charge is 0.214 e. The van der Waals surface area contributed by atoms with E-state index in [2.05, 4.69) is 61.6 Å². The van der Waals surface area contributed by atoms with Crippen LogP contribution in [0.5, 0.6) is 0 Å². The van der Waals surface area contributed by atoms with Gasteiger partial charge < -0.3 is 0 Å². The van der Waals surface area contributed by atoms with Crippen LogP contribution in [0, 0.1) is 0 Å². The summed E-state index contributed by atoms with van der Waals surface area (Å²) in [5.41, 5.74) is 0. The molecule has 0 amide bonds. The molecule has 0 aromatic heterocycles. The SMILES string of the molecule is C[Si](C)(c1ccc[cH-]1)c1ccc[cH-]1.[Fe+2].[Fe+2].c1cc[cH-]c1.c1cc[cH-]c1. The molecule has 0 N–H and O–H groups in total. The van der Waals surface area contributed by atoms with Gasteiger partial charge in [0.25, 0.3) is 0 Å². The van der Waals surface area contributed by atoms with Crippen molar-refractivity contribution in [3.8, 4) is 0 Å². The number of hydrogen-bond donors (Lipinski definition) is 0. The fraction of sp³-hybridized carbons (Fsp3) is 0.0909. The monoisotopic (exact) mass is 428 g/mol. The Balaban J connectivity index is 0.000000400. The molecule has 3 heteroatoms. The first-order chi connectivity index (χ1) is 11.2. The minimum atomic E-state index is -1.35. The van der Waals surface area contributed by atoms with Crippen LogP contribution in [0.15, 0.2) is 109 Å². The first-order valence-electron chi connectivity index (χ1n) is 7.99. The van der Waals surface area contributed by atoms with Crippen LogP contribution in [0.3, 0.4) is 0 Å². The molecule has 0 aliphatic rings. The van der Waals surface area contributed by atoms with E-state index in [4.69, 9.17) is 0 Å². The molecule has 0 nitrogen and oxygen atoms in total.